The highest BCUT2D eigenvalue weighted by molar-refractivity contribution is 6.07. The molecule has 1 saturated carbocycles. The Bertz CT molecular complexity index is 973. The first-order valence-corrected chi connectivity index (χ1v) is 10.1. The van der Waals surface area contributed by atoms with Gasteiger partial charge in [0.15, 0.2) is 11.5 Å². The molecule has 1 aliphatic carbocycles. The van der Waals surface area contributed by atoms with Crippen molar-refractivity contribution >= 4 is 23.5 Å². The van der Waals surface area contributed by atoms with E-state index in [1.807, 2.05) is 43.6 Å². The van der Waals surface area contributed by atoms with Crippen molar-refractivity contribution in [1.29, 1.82) is 0 Å². The van der Waals surface area contributed by atoms with Gasteiger partial charge in [-0.2, -0.15) is 0 Å². The molecule has 1 unspecified atom stereocenters. The van der Waals surface area contributed by atoms with Gasteiger partial charge >= 0.3 is 0 Å². The summed E-state index contributed by atoms with van der Waals surface area (Å²) in [5, 5.41) is 2.94. The van der Waals surface area contributed by atoms with Crippen molar-refractivity contribution in [2.24, 2.45) is 23.7 Å². The molecule has 1 aromatic carbocycles. The molecular formula is C22H27N5O2. The van der Waals surface area contributed by atoms with Crippen LogP contribution in [0.4, 0.5) is 5.69 Å². The van der Waals surface area contributed by atoms with Crippen LogP contribution in [0.5, 0.6) is 0 Å². The van der Waals surface area contributed by atoms with E-state index in [4.69, 9.17) is 10.7 Å². The van der Waals surface area contributed by atoms with Crippen molar-refractivity contribution in [3.05, 3.63) is 53.9 Å². The summed E-state index contributed by atoms with van der Waals surface area (Å²) in [4.78, 5) is 32.1. The van der Waals surface area contributed by atoms with Crippen molar-refractivity contribution in [2.45, 2.75) is 37.6 Å². The van der Waals surface area contributed by atoms with Crippen LogP contribution in [0, 0.1) is 5.92 Å². The lowest BCUT2D eigenvalue weighted by atomic mass is 9.71. The molecular weight excluding hydrogens is 366 g/mol. The van der Waals surface area contributed by atoms with Gasteiger partial charge in [0.05, 0.1) is 0 Å². The summed E-state index contributed by atoms with van der Waals surface area (Å²) in [6, 6.07) is 11.1. The maximum atomic E-state index is 13.3. The van der Waals surface area contributed by atoms with Crippen molar-refractivity contribution < 1.29 is 9.59 Å². The number of nitrogens with one attached hydrogen (secondary N) is 1. The van der Waals surface area contributed by atoms with Crippen LogP contribution in [0.2, 0.25) is 0 Å². The predicted molar refractivity (Wildman–Crippen MR) is 112 cm³/mol. The van der Waals surface area contributed by atoms with Crippen LogP contribution in [0.1, 0.15) is 48.2 Å². The zero-order chi connectivity index (χ0) is 20.6. The fourth-order valence-corrected chi connectivity index (χ4v) is 4.60. The number of rotatable bonds is 4. The molecule has 2 aromatic rings. The van der Waals surface area contributed by atoms with Gasteiger partial charge in [-0.3, -0.25) is 14.5 Å². The number of anilines is 1. The largest absolute Gasteiger partial charge is 0.369 e. The molecule has 2 heterocycles. The number of nitrogens with zero attached hydrogens (tertiary/aromatic N) is 3. The molecule has 4 rings (SSSR count). The van der Waals surface area contributed by atoms with Crippen LogP contribution in [-0.4, -0.2) is 34.3 Å². The van der Waals surface area contributed by atoms with E-state index in [1.54, 1.807) is 17.7 Å². The van der Waals surface area contributed by atoms with Crippen LogP contribution in [0.25, 0.3) is 0 Å². The van der Waals surface area contributed by atoms with Crippen LogP contribution in [0.3, 0.4) is 0 Å². The predicted octanol–water partition coefficient (Wildman–Crippen LogP) is 2.84. The smallest absolute Gasteiger partial charge is 0.272 e. The van der Waals surface area contributed by atoms with Gasteiger partial charge in [-0.25, -0.2) is 4.99 Å². The SMILES string of the molecule is CN1C(=O)C(c2cccc(NC(=O)c3cccn3C)c2)(C2CCCCC2)N=C1N. The molecule has 0 saturated heterocycles. The number of guanidine groups is 1. The lowest BCUT2D eigenvalue weighted by Crippen LogP contribution is -2.45. The monoisotopic (exact) mass is 393 g/mol. The topological polar surface area (TPSA) is 92.7 Å². The second-order valence-electron chi connectivity index (χ2n) is 7.97. The minimum Gasteiger partial charge on any atom is -0.369 e. The Kier molecular flexibility index (Phi) is 4.90. The normalized spacial score (nSPS) is 22.6. The molecule has 0 bridgehead atoms. The molecule has 7 nitrogen and oxygen atoms in total. The van der Waals surface area contributed by atoms with Crippen LogP contribution >= 0.6 is 0 Å². The quantitative estimate of drug-likeness (QED) is 0.836. The first-order chi connectivity index (χ1) is 13.9. The number of nitrogens with two attached hydrogens (primary N) is 1. The Morgan fingerprint density at radius 3 is 2.55 bits per heavy atom. The van der Waals surface area contributed by atoms with E-state index < -0.39 is 5.54 Å². The van der Waals surface area contributed by atoms with Gasteiger partial charge in [0.2, 0.25) is 0 Å². The molecule has 7 heteroatoms. The van der Waals surface area contributed by atoms with Crippen LogP contribution in [-0.2, 0) is 17.4 Å². The van der Waals surface area contributed by atoms with Gasteiger partial charge in [0, 0.05) is 26.0 Å². The summed E-state index contributed by atoms with van der Waals surface area (Å²) in [6.45, 7) is 0. The molecule has 1 aromatic heterocycles. The third-order valence-electron chi connectivity index (χ3n) is 6.20. The summed E-state index contributed by atoms with van der Waals surface area (Å²) >= 11 is 0. The first-order valence-electron chi connectivity index (χ1n) is 10.1. The summed E-state index contributed by atoms with van der Waals surface area (Å²) in [7, 11) is 3.50. The number of likely N-dealkylation sites (N-methyl/N-ethyl adjacent to an activating group) is 1. The lowest BCUT2D eigenvalue weighted by molar-refractivity contribution is -0.133. The van der Waals surface area contributed by atoms with E-state index in [0.717, 1.165) is 31.2 Å². The molecule has 1 aliphatic heterocycles. The minimum atomic E-state index is -1.01. The fourth-order valence-electron chi connectivity index (χ4n) is 4.60. The second kappa shape index (κ2) is 7.39. The number of benzene rings is 1. The number of amides is 2. The Balaban J connectivity index is 1.71. The fraction of sp³-hybridized carbons (Fsp3) is 0.409. The first kappa shape index (κ1) is 19.2. The molecule has 0 spiro atoms. The Morgan fingerprint density at radius 1 is 1.17 bits per heavy atom. The molecule has 152 valence electrons. The molecule has 1 fully saturated rings. The standard InChI is InChI=1S/C22H27N5O2/c1-26-13-7-12-18(26)19(28)24-17-11-6-10-16(14-17)22(15-8-4-3-5-9-15)20(29)27(2)21(23)25-22/h6-7,10-15H,3-5,8-9H2,1-2H3,(H2,23,25)(H,24,28). The van der Waals surface area contributed by atoms with Crippen molar-refractivity contribution in [2.75, 3.05) is 12.4 Å². The van der Waals surface area contributed by atoms with Gasteiger partial charge in [-0.05, 0) is 48.6 Å². The summed E-state index contributed by atoms with van der Waals surface area (Å²) < 4.78 is 1.77. The number of carbonyl (C=O) groups excluding carboxylic acids is 2. The zero-order valence-electron chi connectivity index (χ0n) is 16.9. The third-order valence-corrected chi connectivity index (χ3v) is 6.20. The third kappa shape index (κ3) is 3.20. The number of aliphatic imine (C=N–C) groups is 1. The molecule has 29 heavy (non-hydrogen) atoms. The van der Waals surface area contributed by atoms with Crippen molar-refractivity contribution in [3.8, 4) is 0 Å². The molecule has 3 N–H and O–H groups in total. The van der Waals surface area contributed by atoms with Gasteiger partial charge in [0.1, 0.15) is 5.69 Å². The molecule has 2 aliphatic rings. The van der Waals surface area contributed by atoms with E-state index >= 15 is 0 Å². The summed E-state index contributed by atoms with van der Waals surface area (Å²) in [5.74, 6) is 0.0666. The number of aromatic nitrogens is 1. The maximum Gasteiger partial charge on any atom is 0.272 e. The van der Waals surface area contributed by atoms with Crippen LogP contribution < -0.4 is 11.1 Å². The number of carbonyl (C=O) groups is 2. The maximum absolute atomic E-state index is 13.3. The number of hydrogen-bond donors (Lipinski definition) is 2. The Morgan fingerprint density at radius 2 is 1.93 bits per heavy atom. The van der Waals surface area contributed by atoms with Gasteiger partial charge in [0.25, 0.3) is 11.8 Å². The van der Waals surface area contributed by atoms with E-state index in [1.165, 1.54) is 11.3 Å². The van der Waals surface area contributed by atoms with E-state index in [0.29, 0.717) is 11.4 Å². The Hall–Kier alpha value is -3.09. The number of hydrogen-bond acceptors (Lipinski definition) is 4. The Labute approximate surface area is 170 Å². The molecule has 1 atom stereocenters. The minimum absolute atomic E-state index is 0.0900. The molecule has 0 radical (unpaired) electrons. The summed E-state index contributed by atoms with van der Waals surface area (Å²) in [5.41, 5.74) is 7.05. The molecule has 2 amide bonds. The van der Waals surface area contributed by atoms with Gasteiger partial charge in [-0.15, -0.1) is 0 Å². The second-order valence-corrected chi connectivity index (χ2v) is 7.97. The zero-order valence-corrected chi connectivity index (χ0v) is 16.9. The number of aryl methyl sites for hydroxylation is 1. The summed E-state index contributed by atoms with van der Waals surface area (Å²) in [6.07, 6.45) is 7.06. The highest BCUT2D eigenvalue weighted by Crippen LogP contribution is 2.46. The average Bonchev–Trinajstić information content (AvgIpc) is 3.26. The lowest BCUT2D eigenvalue weighted by Gasteiger charge is -2.36. The van der Waals surface area contributed by atoms with Crippen LogP contribution in [0.15, 0.2) is 47.6 Å². The highest BCUT2D eigenvalue weighted by Gasteiger charge is 2.53. The average molecular weight is 393 g/mol. The van der Waals surface area contributed by atoms with E-state index in [-0.39, 0.29) is 23.7 Å². The highest BCUT2D eigenvalue weighted by atomic mass is 16.2. The van der Waals surface area contributed by atoms with E-state index in [9.17, 15) is 9.59 Å². The van der Waals surface area contributed by atoms with E-state index in [2.05, 4.69) is 5.32 Å². The van der Waals surface area contributed by atoms with Crippen molar-refractivity contribution in [1.82, 2.24) is 9.47 Å². The van der Waals surface area contributed by atoms with Gasteiger partial charge < -0.3 is 15.6 Å². The van der Waals surface area contributed by atoms with Gasteiger partial charge in [-0.1, -0.05) is 31.4 Å². The van der Waals surface area contributed by atoms with Crippen molar-refractivity contribution in [3.63, 3.8) is 0 Å².